The summed E-state index contributed by atoms with van der Waals surface area (Å²) in [6.07, 6.45) is 2.34. The summed E-state index contributed by atoms with van der Waals surface area (Å²) in [4.78, 5) is 32.9. The zero-order valence-electron chi connectivity index (χ0n) is 22.0. The van der Waals surface area contributed by atoms with Crippen molar-refractivity contribution in [3.8, 4) is 11.5 Å². The van der Waals surface area contributed by atoms with E-state index in [4.69, 9.17) is 34.6 Å². The molecule has 0 bridgehead atoms. The van der Waals surface area contributed by atoms with Gasteiger partial charge in [0, 0.05) is 44.0 Å². The molecule has 39 heavy (non-hydrogen) atoms. The maximum Gasteiger partial charge on any atom is 0.336 e. The van der Waals surface area contributed by atoms with Crippen LogP contribution in [-0.2, 0) is 38.8 Å². The lowest BCUT2D eigenvalue weighted by Crippen LogP contribution is -2.42. The van der Waals surface area contributed by atoms with Crippen LogP contribution in [0.3, 0.4) is 0 Å². The Morgan fingerprint density at radius 3 is 2.36 bits per heavy atom. The van der Waals surface area contributed by atoms with Crippen LogP contribution in [0.2, 0.25) is 0 Å². The van der Waals surface area contributed by atoms with Gasteiger partial charge in [-0.15, -0.1) is 0 Å². The number of aromatic nitrogens is 2. The monoisotopic (exact) mass is 549 g/mol. The van der Waals surface area contributed by atoms with Crippen LogP contribution in [0.15, 0.2) is 24.4 Å². The van der Waals surface area contributed by atoms with Crippen LogP contribution < -0.4 is 9.47 Å². The van der Waals surface area contributed by atoms with Crippen LogP contribution in [0.5, 0.6) is 11.5 Å². The Morgan fingerprint density at radius 1 is 1.10 bits per heavy atom. The molecule has 2 aliphatic heterocycles. The summed E-state index contributed by atoms with van der Waals surface area (Å²) in [6.45, 7) is 9.04. The van der Waals surface area contributed by atoms with Crippen molar-refractivity contribution >= 4 is 17.9 Å². The molecule has 0 saturated carbocycles. The van der Waals surface area contributed by atoms with E-state index in [9.17, 15) is 14.4 Å². The molecule has 0 amide bonds. The summed E-state index contributed by atoms with van der Waals surface area (Å²) in [5.41, 5.74) is 1.02. The molecule has 4 rings (SSSR count). The topological polar surface area (TPSA) is 181 Å². The van der Waals surface area contributed by atoms with Crippen LogP contribution in [-0.4, -0.2) is 84.7 Å². The van der Waals surface area contributed by atoms with Crippen molar-refractivity contribution in [1.82, 2.24) is 14.7 Å². The predicted molar refractivity (Wildman–Crippen MR) is 135 cm³/mol. The molecule has 1 unspecified atom stereocenters. The molecule has 0 spiro atoms. The molecule has 0 radical (unpaired) electrons. The molecule has 1 aromatic carbocycles. The van der Waals surface area contributed by atoms with Gasteiger partial charge in [-0.05, 0) is 44.4 Å². The molecule has 4 N–H and O–H groups in total. The SMILES string of the molecule is CCn1ncc(CN(Cc2ccc3c(c2)OCO3)CC2CCCO2)c1C.O=C(O)CC(O)(CC(=O)O)C(=O)O. The maximum absolute atomic E-state index is 10.3. The number of hydrogen-bond donors (Lipinski definition) is 4. The Bertz CT molecular complexity index is 1140. The molecule has 1 atom stereocenters. The number of aryl methyl sites for hydroxylation is 1. The summed E-state index contributed by atoms with van der Waals surface area (Å²) in [5.74, 6) is -3.34. The van der Waals surface area contributed by atoms with Gasteiger partial charge in [-0.2, -0.15) is 5.10 Å². The minimum Gasteiger partial charge on any atom is -0.481 e. The van der Waals surface area contributed by atoms with Crippen LogP contribution in [0.4, 0.5) is 0 Å². The van der Waals surface area contributed by atoms with Crippen molar-refractivity contribution in [1.29, 1.82) is 0 Å². The number of carboxylic acids is 3. The van der Waals surface area contributed by atoms with E-state index >= 15 is 0 Å². The van der Waals surface area contributed by atoms with Crippen LogP contribution in [0.25, 0.3) is 0 Å². The maximum atomic E-state index is 10.3. The first kappa shape index (κ1) is 29.9. The second-order valence-corrected chi connectivity index (χ2v) is 9.54. The van der Waals surface area contributed by atoms with Crippen molar-refractivity contribution in [2.45, 2.75) is 70.9 Å². The fraction of sp³-hybridized carbons (Fsp3) is 0.538. The van der Waals surface area contributed by atoms with E-state index in [0.717, 1.165) is 57.1 Å². The van der Waals surface area contributed by atoms with Gasteiger partial charge in [0.25, 0.3) is 0 Å². The summed E-state index contributed by atoms with van der Waals surface area (Å²) in [7, 11) is 0. The minimum absolute atomic E-state index is 0.313. The summed E-state index contributed by atoms with van der Waals surface area (Å²) in [6, 6.07) is 6.22. The van der Waals surface area contributed by atoms with Crippen molar-refractivity contribution in [2.75, 3.05) is 19.9 Å². The predicted octanol–water partition coefficient (Wildman–Crippen LogP) is 1.87. The van der Waals surface area contributed by atoms with Gasteiger partial charge in [-0.25, -0.2) is 4.79 Å². The van der Waals surface area contributed by atoms with Crippen molar-refractivity contribution in [3.63, 3.8) is 0 Å². The number of benzene rings is 1. The first-order chi connectivity index (χ1) is 18.5. The molecule has 0 aliphatic carbocycles. The summed E-state index contributed by atoms with van der Waals surface area (Å²) < 4.78 is 18.9. The van der Waals surface area contributed by atoms with Crippen LogP contribution >= 0.6 is 0 Å². The first-order valence-electron chi connectivity index (χ1n) is 12.6. The Balaban J connectivity index is 0.000000276. The van der Waals surface area contributed by atoms with Crippen molar-refractivity contribution in [3.05, 3.63) is 41.2 Å². The molecular formula is C26H35N3O10. The number of carboxylic acid groups (broad SMARTS) is 3. The number of carbonyl (C=O) groups is 3. The quantitative estimate of drug-likeness (QED) is 0.302. The lowest BCUT2D eigenvalue weighted by molar-refractivity contribution is -0.170. The number of rotatable bonds is 12. The number of nitrogens with zero attached hydrogens (tertiary/aromatic N) is 3. The lowest BCUT2D eigenvalue weighted by atomic mass is 9.96. The first-order valence-corrected chi connectivity index (χ1v) is 12.6. The highest BCUT2D eigenvalue weighted by Crippen LogP contribution is 2.33. The smallest absolute Gasteiger partial charge is 0.336 e. The fourth-order valence-corrected chi connectivity index (χ4v) is 4.47. The van der Waals surface area contributed by atoms with Crippen molar-refractivity contribution < 1.29 is 49.0 Å². The van der Waals surface area contributed by atoms with Gasteiger partial charge in [-0.1, -0.05) is 6.07 Å². The van der Waals surface area contributed by atoms with Gasteiger partial charge >= 0.3 is 17.9 Å². The third kappa shape index (κ3) is 8.40. The largest absolute Gasteiger partial charge is 0.481 e. The second kappa shape index (κ2) is 13.4. The number of fused-ring (bicyclic) bond motifs is 1. The zero-order chi connectivity index (χ0) is 28.6. The molecular weight excluding hydrogens is 514 g/mol. The van der Waals surface area contributed by atoms with Crippen LogP contribution in [0.1, 0.15) is 49.4 Å². The van der Waals surface area contributed by atoms with Gasteiger partial charge in [0.1, 0.15) is 0 Å². The Hall–Kier alpha value is -3.68. The van der Waals surface area contributed by atoms with Gasteiger partial charge in [0.15, 0.2) is 17.1 Å². The minimum atomic E-state index is -2.74. The molecule has 2 aromatic rings. The van der Waals surface area contributed by atoms with E-state index in [-0.39, 0.29) is 0 Å². The Kier molecular flexibility index (Phi) is 10.3. The highest BCUT2D eigenvalue weighted by atomic mass is 16.7. The third-order valence-corrected chi connectivity index (χ3v) is 6.51. The standard InChI is InChI=1S/C20H27N3O3.C6H8O7/c1-3-23-15(2)17(10-21-23)12-22(13-18-5-4-8-24-18)11-16-6-7-19-20(9-16)26-14-25-19;7-3(8)1-6(13,5(11)12)2-4(9)10/h6-7,9-10,18H,3-5,8,11-14H2,1-2H3;13H,1-2H2,(H,7,8)(H,9,10)(H,11,12). The lowest BCUT2D eigenvalue weighted by Gasteiger charge is -2.25. The number of ether oxygens (including phenoxy) is 3. The van der Waals surface area contributed by atoms with Crippen molar-refractivity contribution in [2.24, 2.45) is 0 Å². The average Bonchev–Trinajstić information content (AvgIpc) is 3.60. The van der Waals surface area contributed by atoms with E-state index in [1.807, 2.05) is 12.3 Å². The van der Waals surface area contributed by atoms with Gasteiger partial charge < -0.3 is 34.6 Å². The molecule has 2 aliphatic rings. The molecule has 13 heteroatoms. The number of hydrogen-bond acceptors (Lipinski definition) is 9. The molecule has 1 saturated heterocycles. The Labute approximate surface area is 225 Å². The molecule has 214 valence electrons. The Morgan fingerprint density at radius 2 is 1.79 bits per heavy atom. The summed E-state index contributed by atoms with van der Waals surface area (Å²) >= 11 is 0. The normalized spacial score (nSPS) is 16.2. The molecule has 3 heterocycles. The fourth-order valence-electron chi connectivity index (χ4n) is 4.47. The van der Waals surface area contributed by atoms with E-state index < -0.39 is 36.4 Å². The van der Waals surface area contributed by atoms with Gasteiger partial charge in [0.2, 0.25) is 6.79 Å². The highest BCUT2D eigenvalue weighted by molar-refractivity contribution is 5.88. The number of aliphatic hydroxyl groups is 1. The third-order valence-electron chi connectivity index (χ3n) is 6.51. The second-order valence-electron chi connectivity index (χ2n) is 9.54. The van der Waals surface area contributed by atoms with E-state index in [2.05, 4.69) is 40.7 Å². The van der Waals surface area contributed by atoms with Crippen LogP contribution in [0, 0.1) is 6.92 Å². The zero-order valence-corrected chi connectivity index (χ0v) is 22.0. The van der Waals surface area contributed by atoms with E-state index in [1.165, 1.54) is 16.8 Å². The average molecular weight is 550 g/mol. The van der Waals surface area contributed by atoms with Gasteiger partial charge in [-0.3, -0.25) is 19.2 Å². The number of aliphatic carboxylic acids is 3. The van der Waals surface area contributed by atoms with Gasteiger partial charge in [0.05, 0.1) is 25.1 Å². The molecule has 1 fully saturated rings. The summed E-state index contributed by atoms with van der Waals surface area (Å²) in [5, 5.41) is 38.3. The molecule has 13 nitrogen and oxygen atoms in total. The highest BCUT2D eigenvalue weighted by Gasteiger charge is 2.40. The van der Waals surface area contributed by atoms with E-state index in [1.54, 1.807) is 0 Å². The van der Waals surface area contributed by atoms with E-state index in [0.29, 0.717) is 12.9 Å². The molecule has 1 aromatic heterocycles.